The fraction of sp³-hybridized carbons (Fsp3) is 1.00. The van der Waals surface area contributed by atoms with Gasteiger partial charge >= 0.3 is 0 Å². The van der Waals surface area contributed by atoms with E-state index in [2.05, 4.69) is 12.2 Å². The van der Waals surface area contributed by atoms with Crippen molar-refractivity contribution < 1.29 is 8.42 Å². The fourth-order valence-electron chi connectivity index (χ4n) is 1.37. The fourth-order valence-corrected chi connectivity index (χ4v) is 1.80. The van der Waals surface area contributed by atoms with E-state index in [1.807, 2.05) is 0 Å². The summed E-state index contributed by atoms with van der Waals surface area (Å²) in [6, 6.07) is 0. The van der Waals surface area contributed by atoms with E-state index in [4.69, 9.17) is 5.14 Å². The molecule has 0 aliphatic rings. The van der Waals surface area contributed by atoms with Gasteiger partial charge in [-0.3, -0.25) is 0 Å². The first-order valence-corrected chi connectivity index (χ1v) is 7.49. The van der Waals surface area contributed by atoms with Crippen molar-refractivity contribution in [3.05, 3.63) is 0 Å². The molecule has 0 aromatic rings. The van der Waals surface area contributed by atoms with Crippen LogP contribution >= 0.6 is 0 Å². The van der Waals surface area contributed by atoms with E-state index in [0.717, 1.165) is 13.0 Å². The normalized spacial score (nSPS) is 11.9. The molecule has 4 nitrogen and oxygen atoms in total. The third-order valence-electron chi connectivity index (χ3n) is 2.27. The average molecular weight is 236 g/mol. The number of hydrogen-bond donors (Lipinski definition) is 2. The summed E-state index contributed by atoms with van der Waals surface area (Å²) in [7, 11) is -3.29. The van der Waals surface area contributed by atoms with Gasteiger partial charge in [-0.1, -0.05) is 39.0 Å². The first-order valence-electron chi connectivity index (χ1n) is 5.77. The minimum absolute atomic E-state index is 0.0306. The maximum Gasteiger partial charge on any atom is 0.210 e. The van der Waals surface area contributed by atoms with Gasteiger partial charge in [0.05, 0.1) is 5.75 Å². The van der Waals surface area contributed by atoms with Gasteiger partial charge in [-0.05, 0) is 13.0 Å². The van der Waals surface area contributed by atoms with E-state index < -0.39 is 10.0 Å². The first kappa shape index (κ1) is 14.9. The Morgan fingerprint density at radius 1 is 1.00 bits per heavy atom. The zero-order valence-corrected chi connectivity index (χ0v) is 10.5. The van der Waals surface area contributed by atoms with Crippen LogP contribution < -0.4 is 10.5 Å². The lowest BCUT2D eigenvalue weighted by Crippen LogP contribution is -2.27. The smallest absolute Gasteiger partial charge is 0.210 e. The predicted molar refractivity (Wildman–Crippen MR) is 64.2 cm³/mol. The molecule has 0 saturated heterocycles. The maximum absolute atomic E-state index is 10.6. The van der Waals surface area contributed by atoms with Gasteiger partial charge in [0.15, 0.2) is 0 Å². The molecule has 0 saturated carbocycles. The number of unbranched alkanes of at least 4 members (excludes halogenated alkanes) is 5. The second-order valence-electron chi connectivity index (χ2n) is 3.88. The van der Waals surface area contributed by atoms with Crippen molar-refractivity contribution in [2.45, 2.75) is 45.4 Å². The van der Waals surface area contributed by atoms with Gasteiger partial charge in [0.2, 0.25) is 10.0 Å². The van der Waals surface area contributed by atoms with Crippen molar-refractivity contribution in [2.24, 2.45) is 5.14 Å². The van der Waals surface area contributed by atoms with Gasteiger partial charge in [0.1, 0.15) is 0 Å². The minimum atomic E-state index is -3.29. The Bertz CT molecular complexity index is 228. The molecule has 0 radical (unpaired) electrons. The lowest BCUT2D eigenvalue weighted by molar-refractivity contribution is 0.572. The molecule has 0 aromatic carbocycles. The highest BCUT2D eigenvalue weighted by Crippen LogP contribution is 2.03. The summed E-state index contributed by atoms with van der Waals surface area (Å²) in [5.74, 6) is 0.0306. The Labute approximate surface area is 93.7 Å². The van der Waals surface area contributed by atoms with Crippen LogP contribution in [0.25, 0.3) is 0 Å². The third kappa shape index (κ3) is 13.9. The molecule has 92 valence electrons. The van der Waals surface area contributed by atoms with Gasteiger partial charge in [-0.25, -0.2) is 13.6 Å². The highest BCUT2D eigenvalue weighted by Gasteiger charge is 2.00. The van der Waals surface area contributed by atoms with Crippen molar-refractivity contribution in [1.82, 2.24) is 5.32 Å². The molecule has 5 heteroatoms. The lowest BCUT2D eigenvalue weighted by Gasteiger charge is -2.03. The molecule has 0 bridgehead atoms. The molecule has 0 amide bonds. The first-order chi connectivity index (χ1) is 7.06. The number of nitrogens with two attached hydrogens (primary N) is 1. The summed E-state index contributed by atoms with van der Waals surface area (Å²) in [5, 5.41) is 7.94. The van der Waals surface area contributed by atoms with E-state index in [0.29, 0.717) is 6.54 Å². The van der Waals surface area contributed by atoms with E-state index >= 15 is 0 Å². The van der Waals surface area contributed by atoms with Crippen LogP contribution in [0.3, 0.4) is 0 Å². The quantitative estimate of drug-likeness (QED) is 0.560. The molecular formula is C10H24N2O2S. The molecule has 0 atom stereocenters. The van der Waals surface area contributed by atoms with Gasteiger partial charge in [-0.2, -0.15) is 0 Å². The molecule has 0 heterocycles. The molecule has 0 fully saturated rings. The van der Waals surface area contributed by atoms with E-state index in [9.17, 15) is 8.42 Å². The van der Waals surface area contributed by atoms with Crippen LogP contribution in [0.5, 0.6) is 0 Å². The molecular weight excluding hydrogens is 212 g/mol. The van der Waals surface area contributed by atoms with Crippen LogP contribution in [0.1, 0.15) is 45.4 Å². The third-order valence-corrected chi connectivity index (χ3v) is 3.04. The summed E-state index contributed by atoms with van der Waals surface area (Å²) < 4.78 is 21.2. The Kier molecular flexibility index (Phi) is 9.04. The van der Waals surface area contributed by atoms with Crippen molar-refractivity contribution in [3.8, 4) is 0 Å². The van der Waals surface area contributed by atoms with Crippen LogP contribution in [0.2, 0.25) is 0 Å². The summed E-state index contributed by atoms with van der Waals surface area (Å²) in [6.45, 7) is 3.56. The Morgan fingerprint density at radius 2 is 1.60 bits per heavy atom. The standard InChI is InChI=1S/C10H24N2O2S/c1-2-3-4-5-6-7-8-12-9-10-15(11,13)14/h12H,2-10H2,1H3,(H2,11,13,14). The Hall–Kier alpha value is -0.130. The van der Waals surface area contributed by atoms with Gasteiger partial charge in [0.25, 0.3) is 0 Å². The van der Waals surface area contributed by atoms with Crippen molar-refractivity contribution >= 4 is 10.0 Å². The highest BCUT2D eigenvalue weighted by atomic mass is 32.2. The summed E-state index contributed by atoms with van der Waals surface area (Å²) in [6.07, 6.45) is 7.53. The zero-order chi connectivity index (χ0) is 11.6. The number of rotatable bonds is 10. The highest BCUT2D eigenvalue weighted by molar-refractivity contribution is 7.89. The van der Waals surface area contributed by atoms with Crippen LogP contribution in [0, 0.1) is 0 Å². The number of nitrogens with one attached hydrogen (secondary N) is 1. The molecule has 0 aliphatic carbocycles. The number of primary sulfonamides is 1. The SMILES string of the molecule is CCCCCCCCNCCS(N)(=O)=O. The summed E-state index contributed by atoms with van der Waals surface area (Å²) >= 11 is 0. The number of hydrogen-bond acceptors (Lipinski definition) is 3. The van der Waals surface area contributed by atoms with Crippen molar-refractivity contribution in [1.29, 1.82) is 0 Å². The largest absolute Gasteiger partial charge is 0.316 e. The van der Waals surface area contributed by atoms with Gasteiger partial charge in [0, 0.05) is 6.54 Å². The Balaban J connectivity index is 3.06. The second-order valence-corrected chi connectivity index (χ2v) is 5.62. The lowest BCUT2D eigenvalue weighted by atomic mass is 10.1. The van der Waals surface area contributed by atoms with E-state index in [1.165, 1.54) is 32.1 Å². The van der Waals surface area contributed by atoms with Gasteiger partial charge < -0.3 is 5.32 Å². The van der Waals surface area contributed by atoms with Crippen LogP contribution in [-0.2, 0) is 10.0 Å². The van der Waals surface area contributed by atoms with Crippen LogP contribution in [0.4, 0.5) is 0 Å². The predicted octanol–water partition coefficient (Wildman–Crippen LogP) is 1.23. The van der Waals surface area contributed by atoms with Crippen molar-refractivity contribution in [2.75, 3.05) is 18.8 Å². The minimum Gasteiger partial charge on any atom is -0.316 e. The van der Waals surface area contributed by atoms with Crippen molar-refractivity contribution in [3.63, 3.8) is 0 Å². The number of sulfonamides is 1. The molecule has 0 rings (SSSR count). The maximum atomic E-state index is 10.6. The molecule has 0 aliphatic heterocycles. The summed E-state index contributed by atoms with van der Waals surface area (Å²) in [5.41, 5.74) is 0. The van der Waals surface area contributed by atoms with E-state index in [-0.39, 0.29) is 5.75 Å². The molecule has 0 aromatic heterocycles. The molecule has 0 unspecified atom stereocenters. The average Bonchev–Trinajstić information content (AvgIpc) is 2.14. The summed E-state index contributed by atoms with van der Waals surface area (Å²) in [4.78, 5) is 0. The zero-order valence-electron chi connectivity index (χ0n) is 9.67. The van der Waals surface area contributed by atoms with E-state index in [1.54, 1.807) is 0 Å². The second kappa shape index (κ2) is 9.12. The molecule has 0 spiro atoms. The monoisotopic (exact) mass is 236 g/mol. The van der Waals surface area contributed by atoms with Crippen LogP contribution in [-0.4, -0.2) is 27.3 Å². The molecule has 3 N–H and O–H groups in total. The topological polar surface area (TPSA) is 72.2 Å². The van der Waals surface area contributed by atoms with Gasteiger partial charge in [-0.15, -0.1) is 0 Å². The molecule has 15 heavy (non-hydrogen) atoms. The van der Waals surface area contributed by atoms with Crippen LogP contribution in [0.15, 0.2) is 0 Å². The Morgan fingerprint density at radius 3 is 2.20 bits per heavy atom.